The number of amides is 4. The van der Waals surface area contributed by atoms with Crippen molar-refractivity contribution in [3.63, 3.8) is 0 Å². The molecule has 0 saturated carbocycles. The second-order valence-electron chi connectivity index (χ2n) is 5.34. The Bertz CT molecular complexity index is 507. The van der Waals surface area contributed by atoms with Crippen LogP contribution in [0.5, 0.6) is 0 Å². The summed E-state index contributed by atoms with van der Waals surface area (Å²) in [5.41, 5.74) is 10.1. The van der Waals surface area contributed by atoms with Gasteiger partial charge in [-0.05, 0) is 5.92 Å². The second kappa shape index (κ2) is 10.2. The van der Waals surface area contributed by atoms with Crippen molar-refractivity contribution in [3.05, 3.63) is 0 Å². The van der Waals surface area contributed by atoms with Crippen LogP contribution >= 0.6 is 0 Å². The molecule has 0 saturated heterocycles. The van der Waals surface area contributed by atoms with E-state index < -0.39 is 61.2 Å². The van der Waals surface area contributed by atoms with Gasteiger partial charge in [0.1, 0.15) is 12.1 Å². The van der Waals surface area contributed by atoms with Crippen LogP contribution in [0.1, 0.15) is 20.3 Å². The normalized spacial score (nSPS) is 12.8. The number of hydrogen-bond acceptors (Lipinski definition) is 6. The lowest BCUT2D eigenvalue weighted by atomic mass is 10.0. The first kappa shape index (κ1) is 21.3. The van der Waals surface area contributed by atoms with Crippen LogP contribution in [0.25, 0.3) is 0 Å². The van der Waals surface area contributed by atoms with Crippen molar-refractivity contribution < 1.29 is 29.1 Å². The van der Waals surface area contributed by atoms with Crippen LogP contribution in [0.2, 0.25) is 0 Å². The van der Waals surface area contributed by atoms with E-state index in [0.29, 0.717) is 0 Å². The summed E-state index contributed by atoms with van der Waals surface area (Å²) in [4.78, 5) is 56.8. The van der Waals surface area contributed by atoms with E-state index in [1.165, 1.54) is 0 Å². The lowest BCUT2D eigenvalue weighted by molar-refractivity contribution is -0.143. The molecular weight excluding hydrogens is 322 g/mol. The van der Waals surface area contributed by atoms with Crippen molar-refractivity contribution in [2.75, 3.05) is 13.1 Å². The Morgan fingerprint density at radius 2 is 1.62 bits per heavy atom. The van der Waals surface area contributed by atoms with E-state index in [-0.39, 0.29) is 5.92 Å². The minimum atomic E-state index is -1.27. The number of aliphatic carboxylic acids is 1. The van der Waals surface area contributed by atoms with Gasteiger partial charge in [0.2, 0.25) is 23.6 Å². The number of carboxylic acids is 1. The Hall–Kier alpha value is -2.69. The van der Waals surface area contributed by atoms with Gasteiger partial charge in [-0.1, -0.05) is 13.8 Å². The van der Waals surface area contributed by atoms with Gasteiger partial charge >= 0.3 is 5.97 Å². The first-order valence-corrected chi connectivity index (χ1v) is 7.16. The van der Waals surface area contributed by atoms with Crippen LogP contribution in [-0.2, 0) is 24.0 Å². The highest BCUT2D eigenvalue weighted by Crippen LogP contribution is 2.01. The molecule has 0 aromatic carbocycles. The van der Waals surface area contributed by atoms with Gasteiger partial charge in [0.15, 0.2) is 0 Å². The van der Waals surface area contributed by atoms with Crippen LogP contribution < -0.4 is 27.4 Å². The Labute approximate surface area is 138 Å². The largest absolute Gasteiger partial charge is 0.480 e. The summed E-state index contributed by atoms with van der Waals surface area (Å²) in [7, 11) is 0. The highest BCUT2D eigenvalue weighted by molar-refractivity contribution is 5.94. The number of hydrogen-bond donors (Lipinski definition) is 6. The lowest BCUT2D eigenvalue weighted by Crippen LogP contribution is -2.53. The van der Waals surface area contributed by atoms with Crippen LogP contribution in [-0.4, -0.2) is 59.9 Å². The average molecular weight is 345 g/mol. The summed E-state index contributed by atoms with van der Waals surface area (Å²) < 4.78 is 0. The maximum absolute atomic E-state index is 11.9. The fourth-order valence-corrected chi connectivity index (χ4v) is 1.69. The van der Waals surface area contributed by atoms with E-state index in [2.05, 4.69) is 16.0 Å². The molecular formula is C13H23N5O6. The zero-order valence-corrected chi connectivity index (χ0v) is 13.5. The number of primary amides is 1. The monoisotopic (exact) mass is 345 g/mol. The third-order valence-corrected chi connectivity index (χ3v) is 2.91. The minimum Gasteiger partial charge on any atom is -0.480 e. The molecule has 0 aliphatic heterocycles. The Morgan fingerprint density at radius 1 is 1.04 bits per heavy atom. The van der Waals surface area contributed by atoms with Gasteiger partial charge in [-0.3, -0.25) is 19.2 Å². The summed E-state index contributed by atoms with van der Waals surface area (Å²) in [5, 5.41) is 15.6. The molecule has 2 atom stereocenters. The summed E-state index contributed by atoms with van der Waals surface area (Å²) >= 11 is 0. The Balaban J connectivity index is 4.64. The number of carboxylic acid groups (broad SMARTS) is 1. The molecule has 4 amide bonds. The molecule has 8 N–H and O–H groups in total. The molecule has 0 heterocycles. The highest BCUT2D eigenvalue weighted by Gasteiger charge is 2.25. The molecule has 0 aliphatic carbocycles. The molecule has 0 fully saturated rings. The number of carbonyl (C=O) groups is 5. The lowest BCUT2D eigenvalue weighted by Gasteiger charge is -2.19. The van der Waals surface area contributed by atoms with E-state index in [4.69, 9.17) is 16.6 Å². The van der Waals surface area contributed by atoms with Gasteiger partial charge in [0, 0.05) is 0 Å². The maximum Gasteiger partial charge on any atom is 0.326 e. The fraction of sp³-hybridized carbons (Fsp3) is 0.615. The zero-order valence-electron chi connectivity index (χ0n) is 13.5. The van der Waals surface area contributed by atoms with Crippen molar-refractivity contribution in [3.8, 4) is 0 Å². The molecule has 2 unspecified atom stereocenters. The molecule has 0 aliphatic rings. The van der Waals surface area contributed by atoms with Crippen molar-refractivity contribution in [1.29, 1.82) is 0 Å². The molecule has 0 bridgehead atoms. The Kier molecular flexibility index (Phi) is 9.02. The van der Waals surface area contributed by atoms with E-state index >= 15 is 0 Å². The summed E-state index contributed by atoms with van der Waals surface area (Å²) in [6.07, 6.45) is -0.469. The molecule has 0 aromatic rings. The van der Waals surface area contributed by atoms with E-state index in [9.17, 15) is 24.0 Å². The fourth-order valence-electron chi connectivity index (χ4n) is 1.69. The smallest absolute Gasteiger partial charge is 0.326 e. The summed E-state index contributed by atoms with van der Waals surface area (Å²) in [6, 6.07) is -2.38. The van der Waals surface area contributed by atoms with Gasteiger partial charge < -0.3 is 32.5 Å². The van der Waals surface area contributed by atoms with E-state index in [1.807, 2.05) is 0 Å². The number of nitrogens with two attached hydrogens (primary N) is 2. The average Bonchev–Trinajstić information content (AvgIpc) is 2.48. The quantitative estimate of drug-likeness (QED) is 0.238. The molecule has 24 heavy (non-hydrogen) atoms. The molecule has 11 nitrogen and oxygen atoms in total. The second-order valence-corrected chi connectivity index (χ2v) is 5.34. The first-order chi connectivity index (χ1) is 11.1. The molecule has 0 radical (unpaired) electrons. The van der Waals surface area contributed by atoms with Crippen molar-refractivity contribution >= 4 is 29.6 Å². The van der Waals surface area contributed by atoms with Crippen molar-refractivity contribution in [2.24, 2.45) is 17.4 Å². The standard InChI is InChI=1S/C13H23N5O6/c1-6(2)11(13(23)24)18-10(21)5-16-12(22)7(3-8(15)19)17-9(20)4-14/h6-7,11H,3-5,14H2,1-2H3,(H2,15,19)(H,16,22)(H,17,20)(H,18,21)(H,23,24). The highest BCUT2D eigenvalue weighted by atomic mass is 16.4. The Morgan fingerprint density at radius 3 is 2.04 bits per heavy atom. The topological polar surface area (TPSA) is 194 Å². The number of nitrogens with one attached hydrogen (secondary N) is 3. The predicted octanol–water partition coefficient (Wildman–Crippen LogP) is -3.35. The van der Waals surface area contributed by atoms with Crippen LogP contribution in [0.3, 0.4) is 0 Å². The van der Waals surface area contributed by atoms with Gasteiger partial charge in [0.05, 0.1) is 19.5 Å². The first-order valence-electron chi connectivity index (χ1n) is 7.16. The van der Waals surface area contributed by atoms with E-state index in [1.54, 1.807) is 13.8 Å². The van der Waals surface area contributed by atoms with Gasteiger partial charge in [0.25, 0.3) is 0 Å². The summed E-state index contributed by atoms with van der Waals surface area (Å²) in [6.45, 7) is 2.31. The SMILES string of the molecule is CC(C)C(NC(=O)CNC(=O)C(CC(N)=O)NC(=O)CN)C(=O)O. The van der Waals surface area contributed by atoms with Crippen molar-refractivity contribution in [1.82, 2.24) is 16.0 Å². The molecule has 11 heteroatoms. The van der Waals surface area contributed by atoms with Crippen LogP contribution in [0, 0.1) is 5.92 Å². The molecule has 0 rings (SSSR count). The van der Waals surface area contributed by atoms with Crippen molar-refractivity contribution in [2.45, 2.75) is 32.4 Å². The maximum atomic E-state index is 11.9. The van der Waals surface area contributed by atoms with Crippen LogP contribution in [0.4, 0.5) is 0 Å². The summed E-state index contributed by atoms with van der Waals surface area (Å²) in [5.74, 6) is -4.61. The zero-order chi connectivity index (χ0) is 18.9. The van der Waals surface area contributed by atoms with Gasteiger partial charge in [-0.2, -0.15) is 0 Å². The van der Waals surface area contributed by atoms with Gasteiger partial charge in [-0.15, -0.1) is 0 Å². The minimum absolute atomic E-state index is 0.353. The molecule has 0 spiro atoms. The predicted molar refractivity (Wildman–Crippen MR) is 82.2 cm³/mol. The van der Waals surface area contributed by atoms with Crippen LogP contribution in [0.15, 0.2) is 0 Å². The molecule has 136 valence electrons. The third-order valence-electron chi connectivity index (χ3n) is 2.91. The van der Waals surface area contributed by atoms with Gasteiger partial charge in [-0.25, -0.2) is 4.79 Å². The number of rotatable bonds is 10. The van der Waals surface area contributed by atoms with E-state index in [0.717, 1.165) is 0 Å². The molecule has 0 aromatic heterocycles. The third kappa shape index (κ3) is 8.08. The number of carbonyl (C=O) groups excluding carboxylic acids is 4.